The fourth-order valence-electron chi connectivity index (χ4n) is 2.27. The maximum atomic E-state index is 12.5. The van der Waals surface area contributed by atoms with E-state index in [1.807, 2.05) is 0 Å². The summed E-state index contributed by atoms with van der Waals surface area (Å²) in [6.45, 7) is 0.373. The number of hydrogen-bond donors (Lipinski definition) is 1. The van der Waals surface area contributed by atoms with Crippen LogP contribution in [0.25, 0.3) is 0 Å². The van der Waals surface area contributed by atoms with Crippen LogP contribution in [-0.2, 0) is 14.8 Å². The molecule has 0 radical (unpaired) electrons. The Morgan fingerprint density at radius 3 is 2.85 bits per heavy atom. The molecule has 1 atom stereocenters. The SMILES string of the molecule is COc1cccc(S(=O)(=O)N2CCC[C@@H](C(=O)O)C2)c1. The van der Waals surface area contributed by atoms with E-state index in [0.717, 1.165) is 0 Å². The standard InChI is InChI=1S/C13H17NO5S/c1-19-11-5-2-6-12(8-11)20(17,18)14-7-3-4-10(9-14)13(15)16/h2,5-6,8,10H,3-4,7,9H2,1H3,(H,15,16)/t10-/m1/s1. The minimum absolute atomic E-state index is 0.0227. The molecule has 110 valence electrons. The van der Waals surface area contributed by atoms with Crippen LogP contribution >= 0.6 is 0 Å². The van der Waals surface area contributed by atoms with Gasteiger partial charge in [0.05, 0.1) is 17.9 Å². The van der Waals surface area contributed by atoms with Crippen LogP contribution < -0.4 is 4.74 Å². The molecule has 1 saturated heterocycles. The molecule has 0 unspecified atom stereocenters. The highest BCUT2D eigenvalue weighted by molar-refractivity contribution is 7.89. The number of methoxy groups -OCH3 is 1. The zero-order chi connectivity index (χ0) is 14.8. The van der Waals surface area contributed by atoms with Gasteiger partial charge < -0.3 is 9.84 Å². The number of carbonyl (C=O) groups is 1. The molecule has 6 nitrogen and oxygen atoms in total. The molecule has 0 bridgehead atoms. The molecule has 1 aliphatic rings. The highest BCUT2D eigenvalue weighted by Gasteiger charge is 2.33. The van der Waals surface area contributed by atoms with Crippen molar-refractivity contribution in [2.75, 3.05) is 20.2 Å². The average molecular weight is 299 g/mol. The molecule has 0 saturated carbocycles. The van der Waals surface area contributed by atoms with Crippen molar-refractivity contribution >= 4 is 16.0 Å². The lowest BCUT2D eigenvalue weighted by Gasteiger charge is -2.29. The molecule has 1 fully saturated rings. The number of sulfonamides is 1. The quantitative estimate of drug-likeness (QED) is 0.902. The van der Waals surface area contributed by atoms with E-state index in [4.69, 9.17) is 9.84 Å². The lowest BCUT2D eigenvalue weighted by molar-refractivity contribution is -0.142. The van der Waals surface area contributed by atoms with Gasteiger partial charge in [-0.1, -0.05) is 6.07 Å². The second kappa shape index (κ2) is 5.80. The largest absolute Gasteiger partial charge is 0.497 e. The summed E-state index contributed by atoms with van der Waals surface area (Å²) in [5.41, 5.74) is 0. The van der Waals surface area contributed by atoms with E-state index in [9.17, 15) is 13.2 Å². The molecule has 1 aliphatic heterocycles. The molecule has 1 N–H and O–H groups in total. The van der Waals surface area contributed by atoms with E-state index in [0.29, 0.717) is 25.1 Å². The molecule has 2 rings (SSSR count). The Morgan fingerprint density at radius 1 is 1.45 bits per heavy atom. The number of piperidine rings is 1. The van der Waals surface area contributed by atoms with Gasteiger partial charge in [0, 0.05) is 19.2 Å². The Balaban J connectivity index is 2.27. The van der Waals surface area contributed by atoms with Crippen molar-refractivity contribution in [3.8, 4) is 5.75 Å². The Hall–Kier alpha value is -1.60. The maximum Gasteiger partial charge on any atom is 0.307 e. The number of carboxylic acid groups (broad SMARTS) is 1. The smallest absolute Gasteiger partial charge is 0.307 e. The molecule has 0 amide bonds. The van der Waals surface area contributed by atoms with Gasteiger partial charge in [-0.2, -0.15) is 4.31 Å². The summed E-state index contributed by atoms with van der Waals surface area (Å²) >= 11 is 0. The van der Waals surface area contributed by atoms with Gasteiger partial charge in [0.1, 0.15) is 5.75 Å². The number of hydrogen-bond acceptors (Lipinski definition) is 4. The molecule has 0 aliphatic carbocycles. The lowest BCUT2D eigenvalue weighted by Crippen LogP contribution is -2.42. The van der Waals surface area contributed by atoms with Gasteiger partial charge >= 0.3 is 5.97 Å². The van der Waals surface area contributed by atoms with E-state index in [2.05, 4.69) is 0 Å². The van der Waals surface area contributed by atoms with Crippen molar-refractivity contribution < 1.29 is 23.1 Å². The van der Waals surface area contributed by atoms with Crippen molar-refractivity contribution in [2.24, 2.45) is 5.92 Å². The second-order valence-corrected chi connectivity index (χ2v) is 6.66. The van der Waals surface area contributed by atoms with Crippen molar-refractivity contribution in [2.45, 2.75) is 17.7 Å². The number of rotatable bonds is 4. The molecular weight excluding hydrogens is 282 g/mol. The molecule has 1 aromatic rings. The van der Waals surface area contributed by atoms with E-state index in [-0.39, 0.29) is 11.4 Å². The van der Waals surface area contributed by atoms with Crippen molar-refractivity contribution in [1.29, 1.82) is 0 Å². The summed E-state index contributed by atoms with van der Waals surface area (Å²) in [6.07, 6.45) is 1.07. The number of aliphatic carboxylic acids is 1. The third-order valence-corrected chi connectivity index (χ3v) is 5.27. The van der Waals surface area contributed by atoms with Crippen LogP contribution in [0.4, 0.5) is 0 Å². The van der Waals surface area contributed by atoms with Crippen molar-refractivity contribution in [3.05, 3.63) is 24.3 Å². The third kappa shape index (κ3) is 2.94. The van der Waals surface area contributed by atoms with Gasteiger partial charge in [-0.25, -0.2) is 8.42 Å². The lowest BCUT2D eigenvalue weighted by atomic mass is 10.0. The topological polar surface area (TPSA) is 83.9 Å². The molecule has 1 aromatic carbocycles. The summed E-state index contributed by atoms with van der Waals surface area (Å²) in [5, 5.41) is 9.03. The number of benzene rings is 1. The van der Waals surface area contributed by atoms with Crippen molar-refractivity contribution in [3.63, 3.8) is 0 Å². The monoisotopic (exact) mass is 299 g/mol. The summed E-state index contributed by atoms with van der Waals surface area (Å²) in [5.74, 6) is -1.13. The Labute approximate surface area is 118 Å². The molecule has 20 heavy (non-hydrogen) atoms. The first kappa shape index (κ1) is 14.8. The number of nitrogens with zero attached hydrogens (tertiary/aromatic N) is 1. The van der Waals surface area contributed by atoms with Crippen LogP contribution in [0.1, 0.15) is 12.8 Å². The van der Waals surface area contributed by atoms with E-state index in [1.165, 1.54) is 23.5 Å². The fourth-order valence-corrected chi connectivity index (χ4v) is 3.83. The average Bonchev–Trinajstić information content (AvgIpc) is 2.47. The van der Waals surface area contributed by atoms with E-state index in [1.54, 1.807) is 12.1 Å². The fraction of sp³-hybridized carbons (Fsp3) is 0.462. The Kier molecular flexibility index (Phi) is 4.29. The predicted molar refractivity (Wildman–Crippen MR) is 72.1 cm³/mol. The number of carboxylic acids is 1. The third-order valence-electron chi connectivity index (χ3n) is 3.41. The highest BCUT2D eigenvalue weighted by atomic mass is 32.2. The van der Waals surface area contributed by atoms with Crippen LogP contribution in [0.5, 0.6) is 5.75 Å². The summed E-state index contributed by atoms with van der Waals surface area (Å²) in [6, 6.07) is 6.20. The van der Waals surface area contributed by atoms with Gasteiger partial charge in [0.15, 0.2) is 0 Å². The Bertz CT molecular complexity index is 599. The predicted octanol–water partition coefficient (Wildman–Crippen LogP) is 1.18. The molecule has 0 aromatic heterocycles. The molecule has 0 spiro atoms. The van der Waals surface area contributed by atoms with Crippen LogP contribution in [0.3, 0.4) is 0 Å². The molecule has 7 heteroatoms. The van der Waals surface area contributed by atoms with Gasteiger partial charge in [-0.15, -0.1) is 0 Å². The first-order valence-electron chi connectivity index (χ1n) is 6.32. The van der Waals surface area contributed by atoms with Gasteiger partial charge in [-0.05, 0) is 25.0 Å². The molecular formula is C13H17NO5S. The summed E-state index contributed by atoms with van der Waals surface area (Å²) in [7, 11) is -2.21. The van der Waals surface area contributed by atoms with Gasteiger partial charge in [-0.3, -0.25) is 4.79 Å². The van der Waals surface area contributed by atoms with Gasteiger partial charge in [0.25, 0.3) is 0 Å². The normalized spacial score (nSPS) is 20.6. The summed E-state index contributed by atoms with van der Waals surface area (Å²) < 4.78 is 31.3. The second-order valence-electron chi connectivity index (χ2n) is 4.72. The maximum absolute atomic E-state index is 12.5. The molecule has 1 heterocycles. The minimum atomic E-state index is -3.67. The van der Waals surface area contributed by atoms with Crippen molar-refractivity contribution in [1.82, 2.24) is 4.31 Å². The van der Waals surface area contributed by atoms with E-state index < -0.39 is 21.9 Å². The van der Waals surface area contributed by atoms with E-state index >= 15 is 0 Å². The first-order chi connectivity index (χ1) is 9.45. The minimum Gasteiger partial charge on any atom is -0.497 e. The van der Waals surface area contributed by atoms with Gasteiger partial charge in [0.2, 0.25) is 10.0 Å². The Morgan fingerprint density at radius 2 is 2.20 bits per heavy atom. The zero-order valence-corrected chi connectivity index (χ0v) is 12.0. The highest BCUT2D eigenvalue weighted by Crippen LogP contribution is 2.25. The van der Waals surface area contributed by atoms with Crippen LogP contribution in [0.15, 0.2) is 29.2 Å². The van der Waals surface area contributed by atoms with Crippen LogP contribution in [-0.4, -0.2) is 44.0 Å². The summed E-state index contributed by atoms with van der Waals surface area (Å²) in [4.78, 5) is 11.1. The zero-order valence-electron chi connectivity index (χ0n) is 11.2. The van der Waals surface area contributed by atoms with Crippen LogP contribution in [0, 0.1) is 5.92 Å². The van der Waals surface area contributed by atoms with Crippen LogP contribution in [0.2, 0.25) is 0 Å². The number of ether oxygens (including phenoxy) is 1. The first-order valence-corrected chi connectivity index (χ1v) is 7.76.